The van der Waals surface area contributed by atoms with E-state index in [1.807, 2.05) is 6.08 Å². The number of hydrogen-bond donors (Lipinski definition) is 0. The first-order chi connectivity index (χ1) is 4.88. The lowest BCUT2D eigenvalue weighted by Gasteiger charge is -1.80. The standard InChI is InChI=1S/C9H12O/c1-3-5-6-7-9-8(4-2)10-9/h2,6-9H,3,5H2,1H3/b7-6+/t8-,9+/m1/s1. The molecule has 0 aliphatic carbocycles. The van der Waals surface area contributed by atoms with E-state index in [9.17, 15) is 0 Å². The molecule has 0 aromatic heterocycles. The summed E-state index contributed by atoms with van der Waals surface area (Å²) in [6.07, 6.45) is 11.9. The highest BCUT2D eigenvalue weighted by atomic mass is 16.6. The fraction of sp³-hybridized carbons (Fsp3) is 0.556. The van der Waals surface area contributed by atoms with Crippen molar-refractivity contribution in [2.24, 2.45) is 0 Å². The number of hydrogen-bond acceptors (Lipinski definition) is 1. The molecule has 0 aromatic rings. The SMILES string of the molecule is C#C[C@H]1O[C@H]1/C=C/CCC. The van der Waals surface area contributed by atoms with Crippen LogP contribution in [0.5, 0.6) is 0 Å². The van der Waals surface area contributed by atoms with Gasteiger partial charge in [0.15, 0.2) is 0 Å². The minimum Gasteiger partial charge on any atom is -0.351 e. The lowest BCUT2D eigenvalue weighted by molar-refractivity contribution is 0.417. The van der Waals surface area contributed by atoms with Gasteiger partial charge in [-0.15, -0.1) is 6.42 Å². The van der Waals surface area contributed by atoms with Crippen LogP contribution >= 0.6 is 0 Å². The minimum absolute atomic E-state index is 0.0631. The highest BCUT2D eigenvalue weighted by Crippen LogP contribution is 2.22. The van der Waals surface area contributed by atoms with Gasteiger partial charge in [-0.05, 0) is 6.42 Å². The zero-order valence-electron chi connectivity index (χ0n) is 6.21. The smallest absolute Gasteiger partial charge is 0.148 e. The summed E-state index contributed by atoms with van der Waals surface area (Å²) in [6, 6.07) is 0. The molecule has 0 bridgehead atoms. The van der Waals surface area contributed by atoms with E-state index in [0.717, 1.165) is 6.42 Å². The second kappa shape index (κ2) is 3.43. The molecule has 54 valence electrons. The summed E-state index contributed by atoms with van der Waals surface area (Å²) in [5, 5.41) is 0. The molecule has 1 fully saturated rings. The molecule has 0 aromatic carbocycles. The van der Waals surface area contributed by atoms with Crippen LogP contribution in [0.25, 0.3) is 0 Å². The normalized spacial score (nSPS) is 30.4. The van der Waals surface area contributed by atoms with Gasteiger partial charge in [0.05, 0.1) is 0 Å². The molecule has 1 aliphatic rings. The van der Waals surface area contributed by atoms with Crippen molar-refractivity contribution in [2.75, 3.05) is 0 Å². The topological polar surface area (TPSA) is 12.5 Å². The van der Waals surface area contributed by atoms with Gasteiger partial charge in [-0.25, -0.2) is 0 Å². The first-order valence-electron chi connectivity index (χ1n) is 3.66. The monoisotopic (exact) mass is 136 g/mol. The Labute approximate surface area is 62.1 Å². The van der Waals surface area contributed by atoms with Gasteiger partial charge in [0, 0.05) is 0 Å². The van der Waals surface area contributed by atoms with Gasteiger partial charge in [0.2, 0.25) is 0 Å². The van der Waals surface area contributed by atoms with Crippen molar-refractivity contribution in [2.45, 2.75) is 32.0 Å². The Balaban J connectivity index is 2.12. The molecule has 1 rings (SSSR count). The molecule has 0 N–H and O–H groups in total. The zero-order valence-corrected chi connectivity index (χ0v) is 6.21. The lowest BCUT2D eigenvalue weighted by atomic mass is 10.2. The summed E-state index contributed by atoms with van der Waals surface area (Å²) < 4.78 is 5.09. The minimum atomic E-state index is 0.0631. The van der Waals surface area contributed by atoms with E-state index in [0.29, 0.717) is 0 Å². The number of allylic oxidation sites excluding steroid dienone is 1. The Bertz CT molecular complexity index is 164. The summed E-state index contributed by atoms with van der Waals surface area (Å²) in [4.78, 5) is 0. The number of ether oxygens (including phenoxy) is 1. The molecule has 0 radical (unpaired) electrons. The van der Waals surface area contributed by atoms with Gasteiger partial charge in [0.25, 0.3) is 0 Å². The molecule has 1 aliphatic heterocycles. The Morgan fingerprint density at radius 1 is 1.70 bits per heavy atom. The fourth-order valence-corrected chi connectivity index (χ4v) is 0.801. The number of unbranched alkanes of at least 4 members (excludes halogenated alkanes) is 1. The third kappa shape index (κ3) is 1.89. The molecule has 0 spiro atoms. The maximum Gasteiger partial charge on any atom is 0.148 e. The maximum atomic E-state index is 5.12. The van der Waals surface area contributed by atoms with Crippen molar-refractivity contribution in [3.8, 4) is 12.3 Å². The van der Waals surface area contributed by atoms with Crippen molar-refractivity contribution < 1.29 is 4.74 Å². The molecule has 1 saturated heterocycles. The number of epoxide rings is 1. The number of rotatable bonds is 3. The van der Waals surface area contributed by atoms with Gasteiger partial charge in [-0.1, -0.05) is 31.4 Å². The zero-order chi connectivity index (χ0) is 7.40. The predicted octanol–water partition coefficient (Wildman–Crippen LogP) is 1.74. The maximum absolute atomic E-state index is 5.12. The summed E-state index contributed by atoms with van der Waals surface area (Å²) >= 11 is 0. The quantitative estimate of drug-likeness (QED) is 0.327. The molecular formula is C9H12O. The van der Waals surface area contributed by atoms with Crippen LogP contribution in [-0.2, 0) is 4.74 Å². The van der Waals surface area contributed by atoms with Gasteiger partial charge in [0.1, 0.15) is 12.2 Å². The summed E-state index contributed by atoms with van der Waals surface area (Å²) in [5.41, 5.74) is 0. The second-order valence-corrected chi connectivity index (χ2v) is 2.40. The highest BCUT2D eigenvalue weighted by Gasteiger charge is 2.33. The Morgan fingerprint density at radius 2 is 2.50 bits per heavy atom. The number of terminal acetylenes is 1. The van der Waals surface area contributed by atoms with Crippen LogP contribution in [0.3, 0.4) is 0 Å². The van der Waals surface area contributed by atoms with Crippen LogP contribution in [0, 0.1) is 12.3 Å². The molecule has 1 nitrogen and oxygen atoms in total. The lowest BCUT2D eigenvalue weighted by Crippen LogP contribution is -1.83. The van der Waals surface area contributed by atoms with Crippen molar-refractivity contribution >= 4 is 0 Å². The third-order valence-corrected chi connectivity index (χ3v) is 1.47. The van der Waals surface area contributed by atoms with Crippen LogP contribution in [0.4, 0.5) is 0 Å². The second-order valence-electron chi connectivity index (χ2n) is 2.40. The van der Waals surface area contributed by atoms with Gasteiger partial charge in [-0.2, -0.15) is 0 Å². The molecule has 0 saturated carbocycles. The van der Waals surface area contributed by atoms with E-state index in [-0.39, 0.29) is 12.2 Å². The largest absolute Gasteiger partial charge is 0.351 e. The molecule has 0 unspecified atom stereocenters. The summed E-state index contributed by atoms with van der Waals surface area (Å²) in [7, 11) is 0. The van der Waals surface area contributed by atoms with E-state index in [1.54, 1.807) is 0 Å². The van der Waals surface area contributed by atoms with Gasteiger partial charge < -0.3 is 4.74 Å². The van der Waals surface area contributed by atoms with E-state index >= 15 is 0 Å². The Kier molecular flexibility index (Phi) is 2.53. The molecule has 0 amide bonds. The Hall–Kier alpha value is -0.740. The highest BCUT2D eigenvalue weighted by molar-refractivity contribution is 5.15. The first-order valence-corrected chi connectivity index (χ1v) is 3.66. The van der Waals surface area contributed by atoms with Crippen LogP contribution in [0.2, 0.25) is 0 Å². The molecule has 1 heteroatoms. The van der Waals surface area contributed by atoms with Crippen molar-refractivity contribution in [3.63, 3.8) is 0 Å². The molecule has 10 heavy (non-hydrogen) atoms. The van der Waals surface area contributed by atoms with Crippen LogP contribution < -0.4 is 0 Å². The van der Waals surface area contributed by atoms with E-state index in [2.05, 4.69) is 18.9 Å². The molecule has 1 heterocycles. The first kappa shape index (κ1) is 7.37. The van der Waals surface area contributed by atoms with Crippen molar-refractivity contribution in [1.82, 2.24) is 0 Å². The summed E-state index contributed by atoms with van der Waals surface area (Å²) in [5.74, 6) is 2.54. The Morgan fingerprint density at radius 3 is 3.00 bits per heavy atom. The van der Waals surface area contributed by atoms with Crippen LogP contribution in [-0.4, -0.2) is 12.2 Å². The average Bonchev–Trinajstić information content (AvgIpc) is 2.68. The van der Waals surface area contributed by atoms with Gasteiger partial charge in [-0.3, -0.25) is 0 Å². The van der Waals surface area contributed by atoms with Crippen molar-refractivity contribution in [1.29, 1.82) is 0 Å². The van der Waals surface area contributed by atoms with Crippen molar-refractivity contribution in [3.05, 3.63) is 12.2 Å². The molecule has 2 atom stereocenters. The van der Waals surface area contributed by atoms with E-state index in [1.165, 1.54) is 6.42 Å². The molecular weight excluding hydrogens is 124 g/mol. The average molecular weight is 136 g/mol. The predicted molar refractivity (Wildman–Crippen MR) is 41.5 cm³/mol. The third-order valence-electron chi connectivity index (χ3n) is 1.47. The van der Waals surface area contributed by atoms with Gasteiger partial charge >= 0.3 is 0 Å². The van der Waals surface area contributed by atoms with Crippen LogP contribution in [0.15, 0.2) is 12.2 Å². The van der Waals surface area contributed by atoms with E-state index < -0.39 is 0 Å². The van der Waals surface area contributed by atoms with E-state index in [4.69, 9.17) is 11.2 Å². The van der Waals surface area contributed by atoms with Crippen LogP contribution in [0.1, 0.15) is 19.8 Å². The fourth-order valence-electron chi connectivity index (χ4n) is 0.801. The summed E-state index contributed by atoms with van der Waals surface area (Å²) in [6.45, 7) is 2.15.